The lowest BCUT2D eigenvalue weighted by molar-refractivity contribution is 0.265. The molecule has 2 N–H and O–H groups in total. The number of halogens is 1. The molecular formula is C16H21ClN2OS. The van der Waals surface area contributed by atoms with E-state index in [4.69, 9.17) is 16.7 Å². The predicted octanol–water partition coefficient (Wildman–Crippen LogP) is 4.19. The highest BCUT2D eigenvalue weighted by Gasteiger charge is 2.16. The van der Waals surface area contributed by atoms with E-state index < -0.39 is 0 Å². The Kier molecular flexibility index (Phi) is 5.76. The van der Waals surface area contributed by atoms with E-state index in [1.807, 2.05) is 31.2 Å². The van der Waals surface area contributed by atoms with Gasteiger partial charge in [0, 0.05) is 34.2 Å². The molecule has 2 atom stereocenters. The maximum atomic E-state index is 8.99. The molecule has 0 amide bonds. The zero-order valence-electron chi connectivity index (χ0n) is 12.6. The smallest absolute Gasteiger partial charge is 0.123 e. The number of hydrogen-bond donors (Lipinski definition) is 2. The van der Waals surface area contributed by atoms with Crippen molar-refractivity contribution in [1.29, 1.82) is 0 Å². The molecule has 2 rings (SSSR count). The van der Waals surface area contributed by atoms with E-state index in [0.717, 1.165) is 27.7 Å². The molecule has 0 radical (unpaired) electrons. The van der Waals surface area contributed by atoms with Crippen molar-refractivity contribution in [2.75, 3.05) is 6.61 Å². The zero-order valence-corrected chi connectivity index (χ0v) is 14.1. The first-order valence-corrected chi connectivity index (χ1v) is 8.31. The number of rotatable bonds is 6. The maximum absolute atomic E-state index is 8.99. The third-order valence-corrected chi connectivity index (χ3v) is 5.05. The highest BCUT2D eigenvalue weighted by atomic mass is 35.5. The molecule has 0 aliphatic rings. The summed E-state index contributed by atoms with van der Waals surface area (Å²) in [5.41, 5.74) is 2.15. The summed E-state index contributed by atoms with van der Waals surface area (Å²) in [5.74, 6) is 0. The van der Waals surface area contributed by atoms with Crippen LogP contribution in [-0.2, 0) is 0 Å². The minimum atomic E-state index is 0.207. The maximum Gasteiger partial charge on any atom is 0.123 e. The predicted molar refractivity (Wildman–Crippen MR) is 90.0 cm³/mol. The highest BCUT2D eigenvalue weighted by molar-refractivity contribution is 7.15. The minimum Gasteiger partial charge on any atom is -0.396 e. The average molecular weight is 325 g/mol. The van der Waals surface area contributed by atoms with Crippen molar-refractivity contribution in [3.63, 3.8) is 0 Å². The third-order valence-electron chi connectivity index (χ3n) is 3.41. The van der Waals surface area contributed by atoms with Crippen LogP contribution in [0.3, 0.4) is 0 Å². The van der Waals surface area contributed by atoms with Gasteiger partial charge in [-0.15, -0.1) is 11.3 Å². The standard InChI is InChI=1S/C16H21ClN2OS/c1-10(8-9-20)18-11(2)15-12(3)19-16(21-15)13-4-6-14(17)7-5-13/h4-7,10-11,18,20H,8-9H2,1-3H3. The summed E-state index contributed by atoms with van der Waals surface area (Å²) in [6.45, 7) is 6.47. The first-order valence-electron chi connectivity index (χ1n) is 7.11. The highest BCUT2D eigenvalue weighted by Crippen LogP contribution is 2.32. The van der Waals surface area contributed by atoms with Crippen LogP contribution in [0.25, 0.3) is 10.6 Å². The molecule has 0 saturated carbocycles. The van der Waals surface area contributed by atoms with Crippen molar-refractivity contribution in [3.05, 3.63) is 39.9 Å². The molecule has 1 heterocycles. The molecular weight excluding hydrogens is 304 g/mol. The summed E-state index contributed by atoms with van der Waals surface area (Å²) in [6, 6.07) is 8.28. The molecule has 0 aliphatic carbocycles. The number of aromatic nitrogens is 1. The van der Waals surface area contributed by atoms with Crippen LogP contribution >= 0.6 is 22.9 Å². The third kappa shape index (κ3) is 4.27. The van der Waals surface area contributed by atoms with Gasteiger partial charge in [0.05, 0.1) is 5.69 Å². The summed E-state index contributed by atoms with van der Waals surface area (Å²) < 4.78 is 0. The second kappa shape index (κ2) is 7.36. The molecule has 1 aromatic heterocycles. The van der Waals surface area contributed by atoms with Gasteiger partial charge in [-0.25, -0.2) is 4.98 Å². The quantitative estimate of drug-likeness (QED) is 0.837. The summed E-state index contributed by atoms with van der Waals surface area (Å²) >= 11 is 7.63. The number of nitrogens with one attached hydrogen (secondary N) is 1. The molecule has 3 nitrogen and oxygen atoms in total. The van der Waals surface area contributed by atoms with Crippen LogP contribution in [0.5, 0.6) is 0 Å². The molecule has 0 spiro atoms. The van der Waals surface area contributed by atoms with Crippen LogP contribution < -0.4 is 5.32 Å². The van der Waals surface area contributed by atoms with Gasteiger partial charge in [-0.1, -0.05) is 23.7 Å². The van der Waals surface area contributed by atoms with Gasteiger partial charge in [-0.3, -0.25) is 0 Å². The van der Waals surface area contributed by atoms with Crippen molar-refractivity contribution in [2.24, 2.45) is 0 Å². The number of nitrogens with zero attached hydrogens (tertiary/aromatic N) is 1. The first kappa shape index (κ1) is 16.4. The van der Waals surface area contributed by atoms with E-state index in [1.165, 1.54) is 4.88 Å². The normalized spacial score (nSPS) is 14.1. The molecule has 0 aliphatic heterocycles. The van der Waals surface area contributed by atoms with Crippen LogP contribution in [0, 0.1) is 6.92 Å². The first-order chi connectivity index (χ1) is 10.0. The number of benzene rings is 1. The van der Waals surface area contributed by atoms with Gasteiger partial charge >= 0.3 is 0 Å². The fourth-order valence-corrected chi connectivity index (χ4v) is 3.51. The number of hydrogen-bond acceptors (Lipinski definition) is 4. The number of aliphatic hydroxyl groups is 1. The Morgan fingerprint density at radius 2 is 1.95 bits per heavy atom. The van der Waals surface area contributed by atoms with Gasteiger partial charge in [0.1, 0.15) is 5.01 Å². The molecule has 2 unspecified atom stereocenters. The van der Waals surface area contributed by atoms with Crippen LogP contribution in [0.15, 0.2) is 24.3 Å². The number of thiazole rings is 1. The van der Waals surface area contributed by atoms with Gasteiger partial charge in [0.15, 0.2) is 0 Å². The van der Waals surface area contributed by atoms with Crippen LogP contribution in [0.4, 0.5) is 0 Å². The summed E-state index contributed by atoms with van der Waals surface area (Å²) in [5, 5.41) is 14.2. The van der Waals surface area contributed by atoms with Gasteiger partial charge in [0.25, 0.3) is 0 Å². The lowest BCUT2D eigenvalue weighted by Gasteiger charge is -2.18. The van der Waals surface area contributed by atoms with Crippen molar-refractivity contribution in [3.8, 4) is 10.6 Å². The minimum absolute atomic E-state index is 0.207. The Morgan fingerprint density at radius 3 is 2.57 bits per heavy atom. The van der Waals surface area contributed by atoms with Gasteiger partial charge in [0.2, 0.25) is 0 Å². The van der Waals surface area contributed by atoms with E-state index in [9.17, 15) is 0 Å². The van der Waals surface area contributed by atoms with Gasteiger partial charge in [-0.05, 0) is 39.3 Å². The van der Waals surface area contributed by atoms with E-state index in [-0.39, 0.29) is 18.7 Å². The Hall–Kier alpha value is -0.940. The zero-order chi connectivity index (χ0) is 15.4. The van der Waals surface area contributed by atoms with Gasteiger partial charge in [-0.2, -0.15) is 0 Å². The number of aryl methyl sites for hydroxylation is 1. The molecule has 2 aromatic rings. The van der Waals surface area contributed by atoms with Crippen LogP contribution in [0.2, 0.25) is 5.02 Å². The fourth-order valence-electron chi connectivity index (χ4n) is 2.31. The molecule has 0 fully saturated rings. The Labute approximate surface area is 135 Å². The largest absolute Gasteiger partial charge is 0.396 e. The van der Waals surface area contributed by atoms with E-state index in [0.29, 0.717) is 0 Å². The average Bonchev–Trinajstić information content (AvgIpc) is 2.82. The lowest BCUT2D eigenvalue weighted by Crippen LogP contribution is -2.29. The summed E-state index contributed by atoms with van der Waals surface area (Å²) in [4.78, 5) is 5.91. The molecule has 0 saturated heterocycles. The van der Waals surface area contributed by atoms with Crippen LogP contribution in [-0.4, -0.2) is 22.7 Å². The van der Waals surface area contributed by atoms with Crippen molar-refractivity contribution in [1.82, 2.24) is 10.3 Å². The Bertz CT molecular complexity index is 582. The van der Waals surface area contributed by atoms with Crippen molar-refractivity contribution < 1.29 is 5.11 Å². The monoisotopic (exact) mass is 324 g/mol. The molecule has 114 valence electrons. The lowest BCUT2D eigenvalue weighted by atomic mass is 10.2. The molecule has 1 aromatic carbocycles. The molecule has 5 heteroatoms. The van der Waals surface area contributed by atoms with E-state index >= 15 is 0 Å². The van der Waals surface area contributed by atoms with Crippen molar-refractivity contribution in [2.45, 2.75) is 39.3 Å². The number of aliphatic hydroxyl groups excluding tert-OH is 1. The van der Waals surface area contributed by atoms with Crippen molar-refractivity contribution >= 4 is 22.9 Å². The fraction of sp³-hybridized carbons (Fsp3) is 0.438. The Morgan fingerprint density at radius 1 is 1.29 bits per heavy atom. The Balaban J connectivity index is 2.17. The summed E-state index contributed by atoms with van der Waals surface area (Å²) in [6.07, 6.45) is 0.756. The second-order valence-electron chi connectivity index (χ2n) is 5.28. The second-order valence-corrected chi connectivity index (χ2v) is 6.74. The molecule has 21 heavy (non-hydrogen) atoms. The van der Waals surface area contributed by atoms with Crippen LogP contribution in [0.1, 0.15) is 36.9 Å². The topological polar surface area (TPSA) is 45.2 Å². The summed E-state index contributed by atoms with van der Waals surface area (Å²) in [7, 11) is 0. The SMILES string of the molecule is Cc1nc(-c2ccc(Cl)cc2)sc1C(C)NC(C)CCO. The van der Waals surface area contributed by atoms with E-state index in [2.05, 4.69) is 24.1 Å². The van der Waals surface area contributed by atoms with E-state index in [1.54, 1.807) is 11.3 Å². The van der Waals surface area contributed by atoms with Gasteiger partial charge < -0.3 is 10.4 Å². The molecule has 0 bridgehead atoms.